The molecule has 0 bridgehead atoms. The van der Waals surface area contributed by atoms with E-state index >= 15 is 0 Å². The molecule has 0 aliphatic heterocycles. The number of rotatable bonds is 5. The van der Waals surface area contributed by atoms with Gasteiger partial charge in [0.15, 0.2) is 11.5 Å². The zero-order chi connectivity index (χ0) is 30.1. The zero-order valence-electron chi connectivity index (χ0n) is 25.0. The number of nitrogen functional groups attached to an aromatic ring is 1. The first kappa shape index (κ1) is 29.0. The fourth-order valence-electron chi connectivity index (χ4n) is 5.17. The molecule has 5 aromatic rings. The monoisotopic (exact) mass is 561 g/mol. The fraction of sp³-hybridized carbons (Fsp3) is 0.294. The Morgan fingerprint density at radius 2 is 1.69 bits per heavy atom. The third-order valence-electron chi connectivity index (χ3n) is 7.44. The smallest absolute Gasteiger partial charge is 0.251 e. The molecule has 0 radical (unpaired) electrons. The lowest BCUT2D eigenvalue weighted by Crippen LogP contribution is -2.43. The number of benzene rings is 2. The molecule has 1 saturated carbocycles. The van der Waals surface area contributed by atoms with E-state index in [9.17, 15) is 4.79 Å². The second kappa shape index (κ2) is 11.4. The molecule has 0 unspecified atom stereocenters. The summed E-state index contributed by atoms with van der Waals surface area (Å²) in [6.07, 6.45) is 4.81. The van der Waals surface area contributed by atoms with Gasteiger partial charge in [0.25, 0.3) is 5.91 Å². The van der Waals surface area contributed by atoms with E-state index < -0.39 is 0 Å². The summed E-state index contributed by atoms with van der Waals surface area (Å²) in [5.74, 6) is 0.922. The van der Waals surface area contributed by atoms with Crippen LogP contribution in [0.2, 0.25) is 0 Å². The van der Waals surface area contributed by atoms with Gasteiger partial charge in [0.1, 0.15) is 11.3 Å². The number of nitrogens with zero attached hydrogens (tertiary/aromatic N) is 4. The van der Waals surface area contributed by atoms with Gasteiger partial charge in [-0.25, -0.2) is 15.0 Å². The Morgan fingerprint density at radius 3 is 2.33 bits per heavy atom. The molecule has 0 atom stereocenters. The third kappa shape index (κ3) is 5.63. The first-order valence-corrected chi connectivity index (χ1v) is 14.5. The van der Waals surface area contributed by atoms with Crippen LogP contribution in [0.5, 0.6) is 0 Å². The van der Waals surface area contributed by atoms with Crippen molar-refractivity contribution in [3.8, 4) is 28.3 Å². The number of nitrogens with one attached hydrogen (secondary N) is 1. The van der Waals surface area contributed by atoms with Crippen LogP contribution < -0.4 is 16.8 Å². The minimum Gasteiger partial charge on any atom is -0.383 e. The van der Waals surface area contributed by atoms with Crippen LogP contribution in [-0.4, -0.2) is 31.0 Å². The molecule has 0 saturated heterocycles. The molecule has 3 heterocycles. The van der Waals surface area contributed by atoms with Gasteiger partial charge < -0.3 is 16.8 Å². The van der Waals surface area contributed by atoms with E-state index in [4.69, 9.17) is 21.4 Å². The van der Waals surface area contributed by atoms with Crippen molar-refractivity contribution in [1.82, 2.24) is 24.8 Å². The lowest BCUT2D eigenvalue weighted by molar-refractivity contribution is 0.0919. The summed E-state index contributed by atoms with van der Waals surface area (Å²) in [4.78, 5) is 27.1. The molecular formula is C34H39N7O. The second-order valence-electron chi connectivity index (χ2n) is 11.6. The zero-order valence-corrected chi connectivity index (χ0v) is 25.0. The number of hydrogen-bond acceptors (Lipinski definition) is 6. The van der Waals surface area contributed by atoms with Gasteiger partial charge in [-0.05, 0) is 94.1 Å². The van der Waals surface area contributed by atoms with Crippen LogP contribution in [0.25, 0.3) is 39.5 Å². The van der Waals surface area contributed by atoms with Crippen molar-refractivity contribution in [1.29, 1.82) is 0 Å². The van der Waals surface area contributed by atoms with E-state index in [0.717, 1.165) is 52.9 Å². The second-order valence-corrected chi connectivity index (χ2v) is 11.6. The van der Waals surface area contributed by atoms with Gasteiger partial charge in [0.2, 0.25) is 0 Å². The third-order valence-corrected chi connectivity index (χ3v) is 7.44. The quantitative estimate of drug-likeness (QED) is 0.221. The molecule has 1 aliphatic carbocycles. The van der Waals surface area contributed by atoms with Crippen LogP contribution in [0.15, 0.2) is 79.0 Å². The number of fused-ring (bicyclic) bond motifs is 1. The van der Waals surface area contributed by atoms with Crippen molar-refractivity contribution >= 4 is 22.9 Å². The molecule has 1 aliphatic rings. The predicted octanol–water partition coefficient (Wildman–Crippen LogP) is 6.62. The topological polar surface area (TPSA) is 125 Å². The number of nitrogens with two attached hydrogens (primary N) is 2. The van der Waals surface area contributed by atoms with Crippen molar-refractivity contribution in [2.24, 2.45) is 5.73 Å². The molecule has 1 amide bonds. The van der Waals surface area contributed by atoms with Gasteiger partial charge in [-0.1, -0.05) is 38.1 Å². The Hall–Kier alpha value is -4.56. The van der Waals surface area contributed by atoms with E-state index in [-0.39, 0.29) is 17.0 Å². The summed E-state index contributed by atoms with van der Waals surface area (Å²) >= 11 is 0. The van der Waals surface area contributed by atoms with Gasteiger partial charge in [0, 0.05) is 34.1 Å². The molecule has 216 valence electrons. The molecule has 6 rings (SSSR count). The lowest BCUT2D eigenvalue weighted by Gasteiger charge is -2.38. The highest BCUT2D eigenvalue weighted by Gasteiger charge is 2.34. The maximum absolute atomic E-state index is 12.8. The highest BCUT2D eigenvalue weighted by atomic mass is 16.1. The summed E-state index contributed by atoms with van der Waals surface area (Å²) in [5.41, 5.74) is 18.6. The van der Waals surface area contributed by atoms with Crippen LogP contribution in [0.4, 0.5) is 5.82 Å². The van der Waals surface area contributed by atoms with Gasteiger partial charge in [-0.15, -0.1) is 0 Å². The van der Waals surface area contributed by atoms with E-state index in [1.807, 2.05) is 87.7 Å². The Bertz CT molecular complexity index is 1730. The molecule has 1 fully saturated rings. The van der Waals surface area contributed by atoms with Crippen molar-refractivity contribution in [3.05, 3.63) is 90.1 Å². The summed E-state index contributed by atoms with van der Waals surface area (Å²) in [5, 5.41) is 3.02. The van der Waals surface area contributed by atoms with Crippen molar-refractivity contribution < 1.29 is 4.79 Å². The molecule has 8 heteroatoms. The SMILES string of the molecule is CC.CC(C)(C)NC(=O)c1cccc(-c2ccc3nc(-c4cccnc4N)n(-c4ccc(C5(N)CCC5)cc4)c3n2)c1. The molecule has 5 N–H and O–H groups in total. The van der Waals surface area contributed by atoms with Crippen LogP contribution in [0.1, 0.15) is 69.8 Å². The number of amides is 1. The first-order valence-electron chi connectivity index (χ1n) is 14.5. The molecular weight excluding hydrogens is 522 g/mol. The highest BCUT2D eigenvalue weighted by Crippen LogP contribution is 2.39. The van der Waals surface area contributed by atoms with Crippen molar-refractivity contribution in [3.63, 3.8) is 0 Å². The summed E-state index contributed by atoms with van der Waals surface area (Å²) in [6.45, 7) is 9.89. The Morgan fingerprint density at radius 1 is 0.952 bits per heavy atom. The number of anilines is 1. The largest absolute Gasteiger partial charge is 0.383 e. The highest BCUT2D eigenvalue weighted by molar-refractivity contribution is 5.96. The van der Waals surface area contributed by atoms with Gasteiger partial charge in [0.05, 0.1) is 11.3 Å². The average molecular weight is 562 g/mol. The number of aromatic nitrogens is 4. The molecule has 2 aromatic carbocycles. The summed E-state index contributed by atoms with van der Waals surface area (Å²) in [6, 6.07) is 23.5. The molecule has 8 nitrogen and oxygen atoms in total. The fourth-order valence-corrected chi connectivity index (χ4v) is 5.17. The Kier molecular flexibility index (Phi) is 7.84. The normalized spacial score (nSPS) is 14.0. The van der Waals surface area contributed by atoms with Crippen LogP contribution in [-0.2, 0) is 5.54 Å². The average Bonchev–Trinajstić information content (AvgIpc) is 3.35. The van der Waals surface area contributed by atoms with E-state index in [1.54, 1.807) is 6.20 Å². The van der Waals surface area contributed by atoms with Gasteiger partial charge >= 0.3 is 0 Å². The molecule has 0 spiro atoms. The Labute approximate surface area is 247 Å². The summed E-state index contributed by atoms with van der Waals surface area (Å²) in [7, 11) is 0. The number of carbonyl (C=O) groups excluding carboxylic acids is 1. The van der Waals surface area contributed by atoms with Crippen LogP contribution >= 0.6 is 0 Å². The minimum atomic E-state index is -0.334. The Balaban J connectivity index is 0.00000173. The standard InChI is InChI=1S/C32H33N7O.C2H6/c1-31(2,3)38-30(40)21-8-4-7-20(19-21)25-14-15-26-29(36-25)39(28(37-26)24-9-5-18-35-27(24)33)23-12-10-22(11-13-23)32(34)16-6-17-32;1-2/h4-5,7-15,18-19H,6,16-17,34H2,1-3H3,(H2,33,35)(H,38,40);1-2H3. The number of imidazole rings is 1. The van der Waals surface area contributed by atoms with E-state index in [2.05, 4.69) is 34.6 Å². The van der Waals surface area contributed by atoms with Crippen molar-refractivity contribution in [2.45, 2.75) is 65.0 Å². The summed E-state index contributed by atoms with van der Waals surface area (Å²) < 4.78 is 2.01. The van der Waals surface area contributed by atoms with E-state index in [1.165, 1.54) is 0 Å². The molecule has 3 aromatic heterocycles. The maximum atomic E-state index is 12.8. The lowest BCUT2D eigenvalue weighted by atomic mass is 9.73. The maximum Gasteiger partial charge on any atom is 0.251 e. The van der Waals surface area contributed by atoms with E-state index in [0.29, 0.717) is 22.9 Å². The van der Waals surface area contributed by atoms with Gasteiger partial charge in [-0.3, -0.25) is 9.36 Å². The first-order chi connectivity index (χ1) is 20.1. The van der Waals surface area contributed by atoms with Crippen LogP contribution in [0, 0.1) is 0 Å². The number of pyridine rings is 2. The van der Waals surface area contributed by atoms with Gasteiger partial charge in [-0.2, -0.15) is 0 Å². The van der Waals surface area contributed by atoms with Crippen LogP contribution in [0.3, 0.4) is 0 Å². The predicted molar refractivity (Wildman–Crippen MR) is 170 cm³/mol. The number of hydrogen-bond donors (Lipinski definition) is 3. The van der Waals surface area contributed by atoms with Crippen molar-refractivity contribution in [2.75, 3.05) is 5.73 Å². The molecule has 42 heavy (non-hydrogen) atoms. The number of carbonyl (C=O) groups is 1. The minimum absolute atomic E-state index is 0.126.